The van der Waals surface area contributed by atoms with Gasteiger partial charge in [0.05, 0.1) is 11.6 Å². The van der Waals surface area contributed by atoms with Crippen LogP contribution >= 0.6 is 11.3 Å². The topological polar surface area (TPSA) is 35.8 Å². The van der Waals surface area contributed by atoms with Gasteiger partial charge in [-0.15, -0.1) is 0 Å². The van der Waals surface area contributed by atoms with E-state index in [4.69, 9.17) is 5.26 Å². The van der Waals surface area contributed by atoms with Gasteiger partial charge in [0, 0.05) is 18.2 Å². The number of benzene rings is 1. The van der Waals surface area contributed by atoms with Crippen LogP contribution in [0.15, 0.2) is 35.0 Å². The van der Waals surface area contributed by atoms with Crippen molar-refractivity contribution in [2.24, 2.45) is 0 Å². The van der Waals surface area contributed by atoms with Gasteiger partial charge in [-0.3, -0.25) is 0 Å². The molecule has 1 aromatic heterocycles. The SMILES string of the molecule is CC(NCc1cc(C#N)ccc1F)c1ccsc1. The van der Waals surface area contributed by atoms with Crippen LogP contribution in [0.3, 0.4) is 0 Å². The van der Waals surface area contributed by atoms with Crippen LogP contribution in [0, 0.1) is 17.1 Å². The average molecular weight is 260 g/mol. The lowest BCUT2D eigenvalue weighted by atomic mass is 10.1. The van der Waals surface area contributed by atoms with Crippen LogP contribution in [0.1, 0.15) is 29.7 Å². The molecule has 2 aromatic rings. The Morgan fingerprint density at radius 3 is 2.94 bits per heavy atom. The summed E-state index contributed by atoms with van der Waals surface area (Å²) in [5, 5.41) is 16.1. The zero-order valence-corrected chi connectivity index (χ0v) is 10.8. The predicted molar refractivity (Wildman–Crippen MR) is 70.7 cm³/mol. The van der Waals surface area contributed by atoms with Crippen molar-refractivity contribution in [2.45, 2.75) is 19.5 Å². The molecule has 1 aromatic carbocycles. The number of halogens is 1. The van der Waals surface area contributed by atoms with Crippen LogP contribution in [-0.2, 0) is 6.54 Å². The molecule has 0 fully saturated rings. The molecule has 1 N–H and O–H groups in total. The second-order valence-corrected chi connectivity index (χ2v) is 4.86. The van der Waals surface area contributed by atoms with Crippen LogP contribution in [0.25, 0.3) is 0 Å². The molecule has 92 valence electrons. The molecule has 0 aliphatic carbocycles. The Bertz CT molecular complexity index is 558. The zero-order valence-electron chi connectivity index (χ0n) is 9.98. The molecule has 1 heterocycles. The Morgan fingerprint density at radius 1 is 1.44 bits per heavy atom. The highest BCUT2D eigenvalue weighted by Crippen LogP contribution is 2.17. The summed E-state index contributed by atoms with van der Waals surface area (Å²) in [5.41, 5.74) is 2.20. The van der Waals surface area contributed by atoms with Gasteiger partial charge in [0.25, 0.3) is 0 Å². The molecule has 0 saturated heterocycles. The van der Waals surface area contributed by atoms with E-state index in [1.807, 2.05) is 24.4 Å². The molecule has 0 aliphatic heterocycles. The van der Waals surface area contributed by atoms with E-state index in [2.05, 4.69) is 10.7 Å². The molecule has 0 saturated carbocycles. The van der Waals surface area contributed by atoms with E-state index in [1.54, 1.807) is 17.4 Å². The van der Waals surface area contributed by atoms with E-state index in [0.717, 1.165) is 0 Å². The van der Waals surface area contributed by atoms with Crippen molar-refractivity contribution in [1.29, 1.82) is 5.26 Å². The van der Waals surface area contributed by atoms with Crippen molar-refractivity contribution in [1.82, 2.24) is 5.32 Å². The van der Waals surface area contributed by atoms with E-state index in [1.165, 1.54) is 17.7 Å². The number of nitrogens with one attached hydrogen (secondary N) is 1. The van der Waals surface area contributed by atoms with Gasteiger partial charge >= 0.3 is 0 Å². The third-order valence-electron chi connectivity index (χ3n) is 2.82. The van der Waals surface area contributed by atoms with E-state index in [9.17, 15) is 4.39 Å². The molecule has 0 spiro atoms. The maximum absolute atomic E-state index is 13.6. The van der Waals surface area contributed by atoms with E-state index in [-0.39, 0.29) is 11.9 Å². The average Bonchev–Trinajstić information content (AvgIpc) is 2.91. The van der Waals surface area contributed by atoms with Crippen LogP contribution in [0.2, 0.25) is 0 Å². The summed E-state index contributed by atoms with van der Waals surface area (Å²) in [4.78, 5) is 0. The van der Waals surface area contributed by atoms with Crippen LogP contribution in [0.5, 0.6) is 0 Å². The Hall–Kier alpha value is -1.70. The summed E-state index contributed by atoms with van der Waals surface area (Å²) < 4.78 is 13.6. The minimum Gasteiger partial charge on any atom is -0.306 e. The second kappa shape index (κ2) is 5.76. The lowest BCUT2D eigenvalue weighted by molar-refractivity contribution is 0.545. The fraction of sp³-hybridized carbons (Fsp3) is 0.214. The van der Waals surface area contributed by atoms with Crippen molar-refractivity contribution in [2.75, 3.05) is 0 Å². The predicted octanol–water partition coefficient (Wildman–Crippen LogP) is 3.61. The number of nitriles is 1. The first-order valence-corrected chi connectivity index (χ1v) is 6.59. The van der Waals surface area contributed by atoms with Gasteiger partial charge in [-0.25, -0.2) is 4.39 Å². The minimum absolute atomic E-state index is 0.168. The molecule has 0 amide bonds. The molecule has 1 atom stereocenters. The van der Waals surface area contributed by atoms with Gasteiger partial charge in [-0.2, -0.15) is 16.6 Å². The van der Waals surface area contributed by atoms with Gasteiger partial charge in [0.2, 0.25) is 0 Å². The zero-order chi connectivity index (χ0) is 13.0. The van der Waals surface area contributed by atoms with Gasteiger partial charge in [0.15, 0.2) is 0 Å². The summed E-state index contributed by atoms with van der Waals surface area (Å²) in [6.07, 6.45) is 0. The lowest BCUT2D eigenvalue weighted by Gasteiger charge is -2.13. The van der Waals surface area contributed by atoms with Crippen molar-refractivity contribution >= 4 is 11.3 Å². The van der Waals surface area contributed by atoms with Gasteiger partial charge < -0.3 is 5.32 Å². The van der Waals surface area contributed by atoms with Crippen LogP contribution < -0.4 is 5.32 Å². The summed E-state index contributed by atoms with van der Waals surface area (Å²) in [6.45, 7) is 2.45. The lowest BCUT2D eigenvalue weighted by Crippen LogP contribution is -2.18. The molecule has 18 heavy (non-hydrogen) atoms. The maximum atomic E-state index is 13.6. The summed E-state index contributed by atoms with van der Waals surface area (Å²) in [6, 6.07) is 8.64. The van der Waals surface area contributed by atoms with Crippen molar-refractivity contribution in [3.05, 3.63) is 57.5 Å². The Labute approximate surface area is 110 Å². The number of nitrogens with zero attached hydrogens (tertiary/aromatic N) is 1. The van der Waals surface area contributed by atoms with Gasteiger partial charge in [-0.05, 0) is 47.5 Å². The number of hydrogen-bond acceptors (Lipinski definition) is 3. The molecular formula is C14H13FN2S. The molecular weight excluding hydrogens is 247 g/mol. The number of thiophene rings is 1. The van der Waals surface area contributed by atoms with Crippen LogP contribution in [-0.4, -0.2) is 0 Å². The standard InChI is InChI=1S/C14H13FN2S/c1-10(12-4-5-18-9-12)17-8-13-6-11(7-16)2-3-14(13)15/h2-6,9-10,17H,8H2,1H3. The molecule has 0 aliphatic rings. The fourth-order valence-corrected chi connectivity index (χ4v) is 2.44. The third-order valence-corrected chi connectivity index (χ3v) is 3.52. The summed E-state index contributed by atoms with van der Waals surface area (Å²) in [5.74, 6) is -0.279. The first-order valence-electron chi connectivity index (χ1n) is 5.64. The number of rotatable bonds is 4. The monoisotopic (exact) mass is 260 g/mol. The molecule has 0 bridgehead atoms. The maximum Gasteiger partial charge on any atom is 0.127 e. The Kier molecular flexibility index (Phi) is 4.08. The van der Waals surface area contributed by atoms with E-state index >= 15 is 0 Å². The smallest absolute Gasteiger partial charge is 0.127 e. The normalized spacial score (nSPS) is 12.1. The highest BCUT2D eigenvalue weighted by atomic mass is 32.1. The third kappa shape index (κ3) is 2.95. The molecule has 4 heteroatoms. The van der Waals surface area contributed by atoms with Gasteiger partial charge in [0.1, 0.15) is 5.82 Å². The first-order chi connectivity index (χ1) is 8.70. The first kappa shape index (κ1) is 12.7. The minimum atomic E-state index is -0.279. The fourth-order valence-electron chi connectivity index (χ4n) is 1.68. The summed E-state index contributed by atoms with van der Waals surface area (Å²) in [7, 11) is 0. The van der Waals surface area contributed by atoms with Crippen LogP contribution in [0.4, 0.5) is 4.39 Å². The molecule has 2 nitrogen and oxygen atoms in total. The second-order valence-electron chi connectivity index (χ2n) is 4.08. The molecule has 1 unspecified atom stereocenters. The van der Waals surface area contributed by atoms with E-state index < -0.39 is 0 Å². The highest BCUT2D eigenvalue weighted by molar-refractivity contribution is 7.07. The van der Waals surface area contributed by atoms with Crippen molar-refractivity contribution < 1.29 is 4.39 Å². The molecule has 0 radical (unpaired) electrons. The summed E-state index contributed by atoms with van der Waals surface area (Å²) >= 11 is 1.64. The largest absolute Gasteiger partial charge is 0.306 e. The Balaban J connectivity index is 2.04. The quantitative estimate of drug-likeness (QED) is 0.911. The van der Waals surface area contributed by atoms with Crippen molar-refractivity contribution in [3.63, 3.8) is 0 Å². The highest BCUT2D eigenvalue weighted by Gasteiger charge is 2.08. The Morgan fingerprint density at radius 2 is 2.28 bits per heavy atom. The molecule has 2 rings (SSSR count). The van der Waals surface area contributed by atoms with Crippen molar-refractivity contribution in [3.8, 4) is 6.07 Å². The number of hydrogen-bond donors (Lipinski definition) is 1. The van der Waals surface area contributed by atoms with E-state index in [0.29, 0.717) is 17.7 Å². The van der Waals surface area contributed by atoms with Gasteiger partial charge in [-0.1, -0.05) is 0 Å².